The molecule has 1 heterocycles. The molecular formula is C27H34Cl3N3O3. The van der Waals surface area contributed by atoms with E-state index in [1.54, 1.807) is 43.3 Å². The first kappa shape index (κ1) is 28.7. The molecule has 9 heteroatoms. The maximum atomic E-state index is 13.8. The summed E-state index contributed by atoms with van der Waals surface area (Å²) >= 11 is 18.5. The van der Waals surface area contributed by atoms with Gasteiger partial charge in [-0.2, -0.15) is 0 Å². The van der Waals surface area contributed by atoms with Crippen molar-refractivity contribution in [2.24, 2.45) is 0 Å². The van der Waals surface area contributed by atoms with Crippen LogP contribution in [0.5, 0.6) is 0 Å². The van der Waals surface area contributed by atoms with E-state index in [2.05, 4.69) is 10.2 Å². The highest BCUT2D eigenvalue weighted by atomic mass is 35.5. The largest absolute Gasteiger partial charge is 0.394 e. The number of rotatable bonds is 9. The SMILES string of the molecule is CC(=O)N(C)C1CCN(CCC(C)(C(=O)NC(CO)c2ccc(Cl)cc2)c2ccc(Cl)c(Cl)c2)CC1. The predicted octanol–water partition coefficient (Wildman–Crippen LogP) is 5.09. The number of aliphatic hydroxyl groups is 1. The van der Waals surface area contributed by atoms with Crippen LogP contribution in [0.1, 0.15) is 50.3 Å². The van der Waals surface area contributed by atoms with Crippen molar-refractivity contribution in [2.45, 2.75) is 50.6 Å². The summed E-state index contributed by atoms with van der Waals surface area (Å²) in [5.74, 6) is -0.127. The van der Waals surface area contributed by atoms with E-state index in [-0.39, 0.29) is 24.5 Å². The number of amides is 2. The number of hydrogen-bond acceptors (Lipinski definition) is 4. The van der Waals surface area contributed by atoms with E-state index in [0.717, 1.165) is 37.1 Å². The van der Waals surface area contributed by atoms with Gasteiger partial charge in [0.05, 0.1) is 28.1 Å². The lowest BCUT2D eigenvalue weighted by molar-refractivity contribution is -0.131. The molecule has 2 atom stereocenters. The van der Waals surface area contributed by atoms with Crippen molar-refractivity contribution in [3.05, 3.63) is 68.7 Å². The molecule has 196 valence electrons. The van der Waals surface area contributed by atoms with Crippen LogP contribution in [0, 0.1) is 0 Å². The molecule has 1 aliphatic rings. The predicted molar refractivity (Wildman–Crippen MR) is 146 cm³/mol. The fourth-order valence-electron chi connectivity index (χ4n) is 4.64. The summed E-state index contributed by atoms with van der Waals surface area (Å²) in [6.45, 7) is 5.65. The first-order valence-electron chi connectivity index (χ1n) is 12.1. The van der Waals surface area contributed by atoms with Gasteiger partial charge in [-0.05, 0) is 68.1 Å². The Morgan fingerprint density at radius 1 is 1.11 bits per heavy atom. The smallest absolute Gasteiger partial charge is 0.230 e. The van der Waals surface area contributed by atoms with Crippen LogP contribution in [-0.2, 0) is 15.0 Å². The summed E-state index contributed by atoms with van der Waals surface area (Å²) in [6.07, 6.45) is 2.34. The molecule has 1 fully saturated rings. The summed E-state index contributed by atoms with van der Waals surface area (Å²) in [5.41, 5.74) is 0.609. The van der Waals surface area contributed by atoms with Crippen molar-refractivity contribution < 1.29 is 14.7 Å². The highest BCUT2D eigenvalue weighted by Crippen LogP contribution is 2.34. The number of nitrogens with one attached hydrogen (secondary N) is 1. The van der Waals surface area contributed by atoms with Crippen LogP contribution >= 0.6 is 34.8 Å². The quantitative estimate of drug-likeness (QED) is 0.453. The lowest BCUT2D eigenvalue weighted by atomic mass is 9.78. The lowest BCUT2D eigenvalue weighted by Crippen LogP contribution is -2.48. The molecule has 0 radical (unpaired) electrons. The average molecular weight is 555 g/mol. The van der Waals surface area contributed by atoms with Gasteiger partial charge in [0.15, 0.2) is 0 Å². The maximum Gasteiger partial charge on any atom is 0.230 e. The van der Waals surface area contributed by atoms with Gasteiger partial charge in [0.25, 0.3) is 0 Å². The second-order valence-corrected chi connectivity index (χ2v) is 10.9. The molecular weight excluding hydrogens is 521 g/mol. The number of piperidine rings is 1. The van der Waals surface area contributed by atoms with Crippen molar-refractivity contribution >= 4 is 46.6 Å². The molecule has 0 bridgehead atoms. The zero-order valence-corrected chi connectivity index (χ0v) is 23.2. The Kier molecular flexibility index (Phi) is 10.1. The van der Waals surface area contributed by atoms with Gasteiger partial charge in [-0.1, -0.05) is 53.0 Å². The van der Waals surface area contributed by atoms with Gasteiger partial charge >= 0.3 is 0 Å². The van der Waals surface area contributed by atoms with Crippen molar-refractivity contribution in [1.82, 2.24) is 15.1 Å². The zero-order valence-electron chi connectivity index (χ0n) is 20.9. The van der Waals surface area contributed by atoms with E-state index in [1.165, 1.54) is 0 Å². The number of hydrogen-bond donors (Lipinski definition) is 2. The van der Waals surface area contributed by atoms with E-state index < -0.39 is 11.5 Å². The van der Waals surface area contributed by atoms with E-state index in [0.29, 0.717) is 28.0 Å². The Labute approximate surface area is 228 Å². The Morgan fingerprint density at radius 2 is 1.75 bits per heavy atom. The minimum absolute atomic E-state index is 0.0800. The molecule has 1 aliphatic heterocycles. The van der Waals surface area contributed by atoms with Crippen LogP contribution in [-0.4, -0.2) is 66.1 Å². The van der Waals surface area contributed by atoms with Gasteiger partial charge in [-0.3, -0.25) is 9.59 Å². The summed E-state index contributed by atoms with van der Waals surface area (Å²) in [4.78, 5) is 29.6. The molecule has 2 unspecified atom stereocenters. The van der Waals surface area contributed by atoms with Crippen LogP contribution in [0.4, 0.5) is 0 Å². The lowest BCUT2D eigenvalue weighted by Gasteiger charge is -2.38. The van der Waals surface area contributed by atoms with Gasteiger partial charge in [0.2, 0.25) is 11.8 Å². The Bertz CT molecular complexity index is 1060. The summed E-state index contributed by atoms with van der Waals surface area (Å²) in [5, 5.41) is 14.5. The maximum absolute atomic E-state index is 13.8. The standard InChI is InChI=1S/C27H34Cl3N3O3/c1-18(35)32(3)22-10-13-33(14-11-22)15-12-27(2,20-6-9-23(29)24(30)16-20)26(36)31-25(17-34)19-4-7-21(28)8-5-19/h4-9,16,22,25,34H,10-15,17H2,1-3H3,(H,31,36). The topological polar surface area (TPSA) is 72.9 Å². The second kappa shape index (κ2) is 12.6. The van der Waals surface area contributed by atoms with E-state index >= 15 is 0 Å². The fraction of sp³-hybridized carbons (Fsp3) is 0.481. The van der Waals surface area contributed by atoms with Gasteiger partial charge in [0.1, 0.15) is 0 Å². The molecule has 0 saturated carbocycles. The monoisotopic (exact) mass is 553 g/mol. The Morgan fingerprint density at radius 3 is 2.31 bits per heavy atom. The molecule has 6 nitrogen and oxygen atoms in total. The molecule has 3 rings (SSSR count). The van der Waals surface area contributed by atoms with Crippen molar-refractivity contribution in [3.8, 4) is 0 Å². The molecule has 2 aromatic carbocycles. The average Bonchev–Trinajstić information content (AvgIpc) is 2.87. The number of halogens is 3. The van der Waals surface area contributed by atoms with Crippen molar-refractivity contribution in [1.29, 1.82) is 0 Å². The number of carbonyl (C=O) groups excluding carboxylic acids is 2. The summed E-state index contributed by atoms with van der Waals surface area (Å²) < 4.78 is 0. The fourth-order valence-corrected chi connectivity index (χ4v) is 5.07. The third-order valence-electron chi connectivity index (χ3n) is 7.35. The first-order chi connectivity index (χ1) is 17.0. The number of nitrogens with zero attached hydrogens (tertiary/aromatic N) is 2. The highest BCUT2D eigenvalue weighted by Gasteiger charge is 2.37. The summed E-state index contributed by atoms with van der Waals surface area (Å²) in [7, 11) is 1.85. The van der Waals surface area contributed by atoms with Crippen LogP contribution in [0.25, 0.3) is 0 Å². The van der Waals surface area contributed by atoms with E-state index in [9.17, 15) is 14.7 Å². The molecule has 0 aliphatic carbocycles. The molecule has 2 N–H and O–H groups in total. The number of aliphatic hydroxyl groups excluding tert-OH is 1. The van der Waals surface area contributed by atoms with Gasteiger partial charge < -0.3 is 20.2 Å². The van der Waals surface area contributed by atoms with Crippen LogP contribution in [0.15, 0.2) is 42.5 Å². The van der Waals surface area contributed by atoms with Crippen LogP contribution in [0.3, 0.4) is 0 Å². The second-order valence-electron chi connectivity index (χ2n) is 9.67. The Hall–Kier alpha value is -1.83. The highest BCUT2D eigenvalue weighted by molar-refractivity contribution is 6.42. The van der Waals surface area contributed by atoms with E-state index in [4.69, 9.17) is 34.8 Å². The Balaban J connectivity index is 1.77. The van der Waals surface area contributed by atoms with Gasteiger partial charge in [-0.15, -0.1) is 0 Å². The first-order valence-corrected chi connectivity index (χ1v) is 13.3. The normalized spacial score (nSPS) is 17.3. The molecule has 0 aromatic heterocycles. The number of carbonyl (C=O) groups is 2. The third-order valence-corrected chi connectivity index (χ3v) is 8.34. The van der Waals surface area contributed by atoms with Crippen molar-refractivity contribution in [2.75, 3.05) is 33.3 Å². The van der Waals surface area contributed by atoms with E-state index in [1.807, 2.05) is 24.9 Å². The molecule has 2 amide bonds. The zero-order chi connectivity index (χ0) is 26.5. The van der Waals surface area contributed by atoms with Gasteiger partial charge in [0, 0.05) is 38.1 Å². The minimum atomic E-state index is -0.916. The van der Waals surface area contributed by atoms with Crippen LogP contribution < -0.4 is 5.32 Å². The molecule has 1 saturated heterocycles. The molecule has 0 spiro atoms. The molecule has 36 heavy (non-hydrogen) atoms. The minimum Gasteiger partial charge on any atom is -0.394 e. The van der Waals surface area contributed by atoms with Crippen molar-refractivity contribution in [3.63, 3.8) is 0 Å². The van der Waals surface area contributed by atoms with Crippen LogP contribution in [0.2, 0.25) is 15.1 Å². The number of likely N-dealkylation sites (tertiary alicyclic amines) is 1. The van der Waals surface area contributed by atoms with Gasteiger partial charge in [-0.25, -0.2) is 0 Å². The number of benzene rings is 2. The third kappa shape index (κ3) is 6.93. The summed E-state index contributed by atoms with van der Waals surface area (Å²) in [6, 6.07) is 12.0. The molecule has 2 aromatic rings.